The zero-order chi connectivity index (χ0) is 14.5. The number of hydrogen-bond donors (Lipinski definition) is 1. The van der Waals surface area contributed by atoms with Gasteiger partial charge < -0.3 is 5.32 Å². The van der Waals surface area contributed by atoms with Gasteiger partial charge in [0, 0.05) is 6.04 Å². The molecule has 2 aromatic carbocycles. The summed E-state index contributed by atoms with van der Waals surface area (Å²) in [6.07, 6.45) is 1.15. The standard InChI is InChI=1S/C19H27N/c1-5-20-15(4)19(14(2)3)13-17-11-8-10-16-9-6-7-12-18(16)17/h6-12,14-15,19-20H,5,13H2,1-4H3. The molecule has 0 heterocycles. The van der Waals surface area contributed by atoms with Gasteiger partial charge >= 0.3 is 0 Å². The average molecular weight is 269 g/mol. The summed E-state index contributed by atoms with van der Waals surface area (Å²) in [6, 6.07) is 16.0. The van der Waals surface area contributed by atoms with Crippen LogP contribution >= 0.6 is 0 Å². The predicted molar refractivity (Wildman–Crippen MR) is 89.1 cm³/mol. The van der Waals surface area contributed by atoms with Crippen molar-refractivity contribution in [2.45, 2.75) is 40.2 Å². The van der Waals surface area contributed by atoms with Gasteiger partial charge in [0.1, 0.15) is 0 Å². The van der Waals surface area contributed by atoms with Gasteiger partial charge in [-0.2, -0.15) is 0 Å². The van der Waals surface area contributed by atoms with Gasteiger partial charge in [0.15, 0.2) is 0 Å². The highest BCUT2D eigenvalue weighted by atomic mass is 14.9. The minimum absolute atomic E-state index is 0.555. The topological polar surface area (TPSA) is 12.0 Å². The molecule has 0 spiro atoms. The number of rotatable bonds is 6. The number of hydrogen-bond acceptors (Lipinski definition) is 1. The van der Waals surface area contributed by atoms with Gasteiger partial charge in [0.25, 0.3) is 0 Å². The van der Waals surface area contributed by atoms with Crippen LogP contribution in [0.1, 0.15) is 33.3 Å². The summed E-state index contributed by atoms with van der Waals surface area (Å²) < 4.78 is 0. The second kappa shape index (κ2) is 6.90. The molecule has 0 radical (unpaired) electrons. The van der Waals surface area contributed by atoms with Crippen LogP contribution in [0.2, 0.25) is 0 Å². The van der Waals surface area contributed by atoms with Gasteiger partial charge in [-0.1, -0.05) is 63.2 Å². The molecule has 1 heteroatoms. The van der Waals surface area contributed by atoms with Crippen molar-refractivity contribution in [3.8, 4) is 0 Å². The first-order chi connectivity index (χ1) is 9.63. The van der Waals surface area contributed by atoms with Crippen molar-refractivity contribution in [1.29, 1.82) is 0 Å². The fraction of sp³-hybridized carbons (Fsp3) is 0.474. The van der Waals surface area contributed by atoms with Crippen LogP contribution in [0.15, 0.2) is 42.5 Å². The van der Waals surface area contributed by atoms with Gasteiger partial charge in [-0.05, 0) is 48.1 Å². The lowest BCUT2D eigenvalue weighted by Gasteiger charge is -2.28. The molecule has 0 saturated heterocycles. The van der Waals surface area contributed by atoms with Gasteiger partial charge in [-0.3, -0.25) is 0 Å². The van der Waals surface area contributed by atoms with Crippen LogP contribution in [0.25, 0.3) is 10.8 Å². The van der Waals surface area contributed by atoms with E-state index in [1.165, 1.54) is 16.3 Å². The maximum atomic E-state index is 3.60. The first-order valence-corrected chi connectivity index (χ1v) is 7.83. The highest BCUT2D eigenvalue weighted by Crippen LogP contribution is 2.26. The van der Waals surface area contributed by atoms with Crippen LogP contribution in [0.5, 0.6) is 0 Å². The van der Waals surface area contributed by atoms with E-state index in [4.69, 9.17) is 0 Å². The molecule has 0 fully saturated rings. The van der Waals surface area contributed by atoms with Crippen molar-refractivity contribution < 1.29 is 0 Å². The van der Waals surface area contributed by atoms with Crippen molar-refractivity contribution >= 4 is 10.8 Å². The Morgan fingerprint density at radius 2 is 1.65 bits per heavy atom. The molecule has 2 rings (SSSR count). The summed E-state index contributed by atoms with van der Waals surface area (Å²) in [7, 11) is 0. The Labute approximate surface area is 123 Å². The zero-order valence-electron chi connectivity index (χ0n) is 13.2. The minimum Gasteiger partial charge on any atom is -0.314 e. The monoisotopic (exact) mass is 269 g/mol. The molecule has 20 heavy (non-hydrogen) atoms. The van der Waals surface area contributed by atoms with E-state index in [2.05, 4.69) is 75.5 Å². The maximum absolute atomic E-state index is 3.60. The van der Waals surface area contributed by atoms with Gasteiger partial charge in [-0.15, -0.1) is 0 Å². The molecule has 0 saturated carbocycles. The largest absolute Gasteiger partial charge is 0.314 e. The summed E-state index contributed by atoms with van der Waals surface area (Å²) in [6.45, 7) is 10.2. The molecule has 2 unspecified atom stereocenters. The summed E-state index contributed by atoms with van der Waals surface area (Å²) >= 11 is 0. The van der Waals surface area contributed by atoms with E-state index < -0.39 is 0 Å². The Kier molecular flexibility index (Phi) is 5.19. The van der Waals surface area contributed by atoms with Crippen LogP contribution in [-0.4, -0.2) is 12.6 Å². The molecule has 2 aromatic rings. The van der Waals surface area contributed by atoms with E-state index in [-0.39, 0.29) is 0 Å². The van der Waals surface area contributed by atoms with Crippen LogP contribution in [0, 0.1) is 11.8 Å². The van der Waals surface area contributed by atoms with Crippen molar-refractivity contribution in [1.82, 2.24) is 5.32 Å². The molecule has 0 aromatic heterocycles. The number of benzene rings is 2. The van der Waals surface area contributed by atoms with Crippen molar-refractivity contribution in [2.24, 2.45) is 11.8 Å². The highest BCUT2D eigenvalue weighted by molar-refractivity contribution is 5.85. The van der Waals surface area contributed by atoms with E-state index in [0.717, 1.165) is 13.0 Å². The molecule has 0 bridgehead atoms. The Bertz CT molecular complexity index is 539. The van der Waals surface area contributed by atoms with Crippen molar-refractivity contribution in [3.05, 3.63) is 48.0 Å². The Morgan fingerprint density at radius 1 is 0.950 bits per heavy atom. The van der Waals surface area contributed by atoms with Crippen molar-refractivity contribution in [3.63, 3.8) is 0 Å². The van der Waals surface area contributed by atoms with E-state index in [0.29, 0.717) is 17.9 Å². The normalized spacial score (nSPS) is 14.7. The van der Waals surface area contributed by atoms with Crippen LogP contribution in [0.3, 0.4) is 0 Å². The lowest BCUT2D eigenvalue weighted by molar-refractivity contribution is 0.292. The second-order valence-electron chi connectivity index (χ2n) is 6.10. The third kappa shape index (κ3) is 3.40. The zero-order valence-corrected chi connectivity index (χ0v) is 13.2. The minimum atomic E-state index is 0.555. The van der Waals surface area contributed by atoms with E-state index in [1.54, 1.807) is 0 Å². The molecule has 1 N–H and O–H groups in total. The Hall–Kier alpha value is -1.34. The quantitative estimate of drug-likeness (QED) is 0.804. The van der Waals surface area contributed by atoms with Crippen LogP contribution in [-0.2, 0) is 6.42 Å². The summed E-state index contributed by atoms with van der Waals surface area (Å²) in [5.74, 6) is 1.35. The lowest BCUT2D eigenvalue weighted by Crippen LogP contribution is -2.37. The number of fused-ring (bicyclic) bond motifs is 1. The summed E-state index contributed by atoms with van der Waals surface area (Å²) in [4.78, 5) is 0. The molecule has 0 aliphatic heterocycles. The van der Waals surface area contributed by atoms with Crippen LogP contribution in [0.4, 0.5) is 0 Å². The van der Waals surface area contributed by atoms with E-state index in [9.17, 15) is 0 Å². The smallest absolute Gasteiger partial charge is 0.00725 e. The molecule has 2 atom stereocenters. The average Bonchev–Trinajstić information content (AvgIpc) is 2.44. The molecule has 0 aliphatic carbocycles. The van der Waals surface area contributed by atoms with E-state index >= 15 is 0 Å². The highest BCUT2D eigenvalue weighted by Gasteiger charge is 2.21. The summed E-state index contributed by atoms with van der Waals surface area (Å²) in [5.41, 5.74) is 1.48. The first kappa shape index (κ1) is 15.1. The fourth-order valence-electron chi connectivity index (χ4n) is 3.19. The molecular formula is C19H27N. The van der Waals surface area contributed by atoms with Crippen LogP contribution < -0.4 is 5.32 Å². The van der Waals surface area contributed by atoms with Gasteiger partial charge in [0.2, 0.25) is 0 Å². The van der Waals surface area contributed by atoms with Gasteiger partial charge in [-0.25, -0.2) is 0 Å². The summed E-state index contributed by atoms with van der Waals surface area (Å²) in [5, 5.41) is 6.35. The molecule has 108 valence electrons. The third-order valence-electron chi connectivity index (χ3n) is 4.36. The molecular weight excluding hydrogens is 242 g/mol. The fourth-order valence-corrected chi connectivity index (χ4v) is 3.19. The Balaban J connectivity index is 2.29. The second-order valence-corrected chi connectivity index (χ2v) is 6.10. The maximum Gasteiger partial charge on any atom is 0.00725 e. The van der Waals surface area contributed by atoms with E-state index in [1.807, 2.05) is 0 Å². The van der Waals surface area contributed by atoms with Crippen molar-refractivity contribution in [2.75, 3.05) is 6.54 Å². The molecule has 0 aliphatic rings. The molecule has 1 nitrogen and oxygen atoms in total. The predicted octanol–water partition coefficient (Wildman–Crippen LogP) is 4.65. The Morgan fingerprint density at radius 3 is 2.35 bits per heavy atom. The molecule has 0 amide bonds. The third-order valence-corrected chi connectivity index (χ3v) is 4.36. The lowest BCUT2D eigenvalue weighted by atomic mass is 9.83. The number of nitrogens with one attached hydrogen (secondary N) is 1. The van der Waals surface area contributed by atoms with Gasteiger partial charge in [0.05, 0.1) is 0 Å². The first-order valence-electron chi connectivity index (χ1n) is 7.83. The SMILES string of the molecule is CCNC(C)C(Cc1cccc2ccccc12)C(C)C.